The highest BCUT2D eigenvalue weighted by Crippen LogP contribution is 2.31. The second-order valence-corrected chi connectivity index (χ2v) is 2.92. The highest BCUT2D eigenvalue weighted by atomic mass is 19.3. The lowest BCUT2D eigenvalue weighted by Crippen LogP contribution is -2.10. The first-order valence-corrected chi connectivity index (χ1v) is 4.01. The van der Waals surface area contributed by atoms with Gasteiger partial charge in [0.05, 0.1) is 5.56 Å². The largest absolute Gasteiger partial charge is 0.478 e. The number of carboxylic acids is 1. The summed E-state index contributed by atoms with van der Waals surface area (Å²) in [6, 6.07) is 0. The first kappa shape index (κ1) is 12.0. The van der Waals surface area contributed by atoms with Gasteiger partial charge in [0, 0.05) is 5.56 Å². The summed E-state index contributed by atoms with van der Waals surface area (Å²) in [6.45, 7) is 1.24. The Morgan fingerprint density at radius 3 is 2.56 bits per heavy atom. The summed E-state index contributed by atoms with van der Waals surface area (Å²) in [7, 11) is 0. The minimum absolute atomic E-state index is 0.0478. The summed E-state index contributed by atoms with van der Waals surface area (Å²) in [5.74, 6) is -2.77. The lowest BCUT2D eigenvalue weighted by molar-refractivity contribution is -0.391. The Kier molecular flexibility index (Phi) is 3.11. The van der Waals surface area contributed by atoms with Gasteiger partial charge in [0.2, 0.25) is 0 Å². The summed E-state index contributed by atoms with van der Waals surface area (Å²) < 4.78 is 25.2. The van der Waals surface area contributed by atoms with Crippen molar-refractivity contribution in [1.29, 1.82) is 0 Å². The molecule has 0 aromatic carbocycles. The van der Waals surface area contributed by atoms with Crippen molar-refractivity contribution < 1.29 is 23.6 Å². The molecule has 0 saturated carbocycles. The van der Waals surface area contributed by atoms with E-state index in [1.165, 1.54) is 6.92 Å². The van der Waals surface area contributed by atoms with Crippen LogP contribution in [0.1, 0.15) is 27.9 Å². The molecular formula is C8H6F2N2O4. The maximum Gasteiger partial charge on any atom is 0.373 e. The molecule has 0 saturated heterocycles. The predicted molar refractivity (Wildman–Crippen MR) is 47.5 cm³/mol. The highest BCUT2D eigenvalue weighted by Gasteiger charge is 2.31. The summed E-state index contributed by atoms with van der Waals surface area (Å²) in [5, 5.41) is 19.1. The number of carbonyl (C=O) groups is 1. The van der Waals surface area contributed by atoms with Gasteiger partial charge in [0.1, 0.15) is 11.8 Å². The quantitative estimate of drug-likeness (QED) is 0.634. The Balaban J connectivity index is 3.63. The van der Waals surface area contributed by atoms with Gasteiger partial charge >= 0.3 is 11.8 Å². The van der Waals surface area contributed by atoms with Crippen molar-refractivity contribution >= 4 is 11.8 Å². The number of aryl methyl sites for hydroxylation is 1. The van der Waals surface area contributed by atoms with Gasteiger partial charge in [-0.3, -0.25) is 0 Å². The van der Waals surface area contributed by atoms with Gasteiger partial charge in [0.25, 0.3) is 6.43 Å². The van der Waals surface area contributed by atoms with E-state index in [1.54, 1.807) is 0 Å². The van der Waals surface area contributed by atoms with Gasteiger partial charge in [-0.15, -0.1) is 0 Å². The van der Waals surface area contributed by atoms with Crippen LogP contribution in [0.25, 0.3) is 0 Å². The van der Waals surface area contributed by atoms with Gasteiger partial charge < -0.3 is 15.2 Å². The molecule has 0 unspecified atom stereocenters. The number of hydrogen-bond donors (Lipinski definition) is 1. The lowest BCUT2D eigenvalue weighted by atomic mass is 10.0. The fraction of sp³-hybridized carbons (Fsp3) is 0.250. The zero-order chi connectivity index (χ0) is 12.5. The number of rotatable bonds is 3. The maximum atomic E-state index is 12.6. The molecule has 0 aliphatic rings. The normalized spacial score (nSPS) is 10.5. The van der Waals surface area contributed by atoms with Crippen molar-refractivity contribution in [3.63, 3.8) is 0 Å². The van der Waals surface area contributed by atoms with Crippen molar-refractivity contribution in [1.82, 2.24) is 4.98 Å². The third-order valence-electron chi connectivity index (χ3n) is 1.89. The Morgan fingerprint density at radius 1 is 1.62 bits per heavy atom. The van der Waals surface area contributed by atoms with E-state index in [1.807, 2.05) is 0 Å². The molecule has 1 aromatic heterocycles. The van der Waals surface area contributed by atoms with Gasteiger partial charge in [0.15, 0.2) is 0 Å². The van der Waals surface area contributed by atoms with Crippen LogP contribution in [0, 0.1) is 17.0 Å². The number of alkyl halides is 2. The minimum atomic E-state index is -3.26. The second kappa shape index (κ2) is 4.17. The number of nitrogens with zero attached hydrogens (tertiary/aromatic N) is 2. The zero-order valence-electron chi connectivity index (χ0n) is 7.98. The van der Waals surface area contributed by atoms with E-state index in [0.29, 0.717) is 0 Å². The molecule has 8 heteroatoms. The van der Waals surface area contributed by atoms with Crippen molar-refractivity contribution in [2.75, 3.05) is 0 Å². The van der Waals surface area contributed by atoms with Gasteiger partial charge in [-0.05, 0) is 16.8 Å². The van der Waals surface area contributed by atoms with Crippen LogP contribution in [-0.4, -0.2) is 21.0 Å². The van der Waals surface area contributed by atoms with E-state index in [0.717, 1.165) is 6.20 Å². The zero-order valence-corrected chi connectivity index (χ0v) is 7.98. The lowest BCUT2D eigenvalue weighted by Gasteiger charge is -2.06. The van der Waals surface area contributed by atoms with Crippen LogP contribution in [0.4, 0.5) is 14.6 Å². The third kappa shape index (κ3) is 1.95. The van der Waals surface area contributed by atoms with E-state index in [-0.39, 0.29) is 5.56 Å². The molecule has 0 spiro atoms. The van der Waals surface area contributed by atoms with Crippen LogP contribution >= 0.6 is 0 Å². The average Bonchev–Trinajstić information content (AvgIpc) is 2.15. The number of hydrogen-bond acceptors (Lipinski definition) is 4. The number of halogens is 2. The molecule has 1 N–H and O–H groups in total. The first-order valence-electron chi connectivity index (χ1n) is 4.01. The van der Waals surface area contributed by atoms with E-state index in [4.69, 9.17) is 5.11 Å². The summed E-state index contributed by atoms with van der Waals surface area (Å²) in [5.41, 5.74) is -1.97. The molecule has 0 aliphatic carbocycles. The number of carboxylic acid groups (broad SMARTS) is 1. The van der Waals surface area contributed by atoms with Crippen LogP contribution in [0.15, 0.2) is 6.20 Å². The second-order valence-electron chi connectivity index (χ2n) is 2.92. The van der Waals surface area contributed by atoms with Crippen LogP contribution in [0.3, 0.4) is 0 Å². The Labute approximate surface area is 87.7 Å². The summed E-state index contributed by atoms with van der Waals surface area (Å²) >= 11 is 0. The predicted octanol–water partition coefficient (Wildman–Crippen LogP) is 1.93. The minimum Gasteiger partial charge on any atom is -0.478 e. The van der Waals surface area contributed by atoms with Gasteiger partial charge in [-0.2, -0.15) is 0 Å². The molecule has 0 amide bonds. The standard InChI is InChI=1S/C8H6F2N2O4/c1-3-2-11-7(12(15)16)5(6(9)10)4(3)8(13)14/h2,6H,1H3,(H,13,14). The van der Waals surface area contributed by atoms with Crippen LogP contribution in [-0.2, 0) is 0 Å². The van der Waals surface area contributed by atoms with Crippen molar-refractivity contribution in [3.05, 3.63) is 33.0 Å². The molecule has 0 bridgehead atoms. The van der Waals surface area contributed by atoms with E-state index < -0.39 is 34.3 Å². The molecule has 0 radical (unpaired) electrons. The number of pyridine rings is 1. The number of nitro groups is 1. The number of aromatic carboxylic acids is 1. The molecule has 0 fully saturated rings. The molecule has 0 aliphatic heterocycles. The van der Waals surface area contributed by atoms with E-state index in [9.17, 15) is 23.7 Å². The fourth-order valence-electron chi connectivity index (χ4n) is 1.25. The number of aromatic nitrogens is 1. The van der Waals surface area contributed by atoms with Crippen LogP contribution in [0.2, 0.25) is 0 Å². The monoisotopic (exact) mass is 232 g/mol. The van der Waals surface area contributed by atoms with Crippen molar-refractivity contribution in [3.8, 4) is 0 Å². The Morgan fingerprint density at radius 2 is 2.19 bits per heavy atom. The van der Waals surface area contributed by atoms with Gasteiger partial charge in [-0.25, -0.2) is 13.6 Å². The first-order chi connectivity index (χ1) is 7.36. The Bertz CT molecular complexity index is 462. The third-order valence-corrected chi connectivity index (χ3v) is 1.89. The van der Waals surface area contributed by atoms with Crippen LogP contribution < -0.4 is 0 Å². The molecule has 16 heavy (non-hydrogen) atoms. The average molecular weight is 232 g/mol. The SMILES string of the molecule is Cc1cnc([N+](=O)[O-])c(C(F)F)c1C(=O)O. The van der Waals surface area contributed by atoms with Gasteiger partial charge in [-0.1, -0.05) is 0 Å². The summed E-state index contributed by atoms with van der Waals surface area (Å²) in [6.07, 6.45) is -2.38. The van der Waals surface area contributed by atoms with Crippen molar-refractivity contribution in [2.24, 2.45) is 0 Å². The summed E-state index contributed by atoms with van der Waals surface area (Å²) in [4.78, 5) is 23.2. The highest BCUT2D eigenvalue weighted by molar-refractivity contribution is 5.92. The molecule has 6 nitrogen and oxygen atoms in total. The Hall–Kier alpha value is -2.12. The molecule has 1 rings (SSSR count). The molecule has 86 valence electrons. The molecule has 1 aromatic rings. The maximum absolute atomic E-state index is 12.6. The molecule has 0 atom stereocenters. The smallest absolute Gasteiger partial charge is 0.373 e. The topological polar surface area (TPSA) is 93.3 Å². The fourth-order valence-corrected chi connectivity index (χ4v) is 1.25. The molecule has 1 heterocycles. The molecular weight excluding hydrogens is 226 g/mol. The van der Waals surface area contributed by atoms with Crippen molar-refractivity contribution in [2.45, 2.75) is 13.3 Å². The van der Waals surface area contributed by atoms with Crippen LogP contribution in [0.5, 0.6) is 0 Å². The van der Waals surface area contributed by atoms with E-state index in [2.05, 4.69) is 4.98 Å². The van der Waals surface area contributed by atoms with E-state index >= 15 is 0 Å².